The van der Waals surface area contributed by atoms with Crippen molar-refractivity contribution < 1.29 is 9.90 Å². The molecule has 0 saturated heterocycles. The third-order valence-corrected chi connectivity index (χ3v) is 3.44. The Labute approximate surface area is 97.4 Å². The number of phenols is 1. The quantitative estimate of drug-likeness (QED) is 0.834. The van der Waals surface area contributed by atoms with Crippen LogP contribution in [-0.4, -0.2) is 10.9 Å². The van der Waals surface area contributed by atoms with Crippen LogP contribution in [0.25, 0.3) is 0 Å². The first-order valence-electron chi connectivity index (χ1n) is 5.21. The van der Waals surface area contributed by atoms with E-state index < -0.39 is 0 Å². The molecule has 0 radical (unpaired) electrons. The second-order valence-corrected chi connectivity index (χ2v) is 4.92. The lowest BCUT2D eigenvalue weighted by molar-refractivity contribution is 0.0920. The molecule has 1 aromatic rings. The van der Waals surface area contributed by atoms with Crippen LogP contribution in [0.2, 0.25) is 0 Å². The first-order chi connectivity index (χ1) is 7.18. The van der Waals surface area contributed by atoms with Crippen LogP contribution >= 0.6 is 15.9 Å². The highest BCUT2D eigenvalue weighted by atomic mass is 79.9. The highest BCUT2D eigenvalue weighted by Gasteiger charge is 2.25. The molecule has 1 saturated carbocycles. The summed E-state index contributed by atoms with van der Waals surface area (Å²) in [5, 5.41) is 9.62. The predicted octanol–water partition coefficient (Wildman–Crippen LogP) is 3.53. The van der Waals surface area contributed by atoms with Crippen molar-refractivity contribution in [2.24, 2.45) is 5.92 Å². The molecule has 0 atom stereocenters. The van der Waals surface area contributed by atoms with Gasteiger partial charge in [-0.15, -0.1) is 0 Å². The van der Waals surface area contributed by atoms with E-state index >= 15 is 0 Å². The Bertz CT molecular complexity index is 381. The van der Waals surface area contributed by atoms with Gasteiger partial charge in [0.05, 0.1) is 5.56 Å². The summed E-state index contributed by atoms with van der Waals surface area (Å²) in [7, 11) is 0. The Morgan fingerprint density at radius 3 is 2.67 bits per heavy atom. The number of aromatic hydroxyl groups is 1. The summed E-state index contributed by atoms with van der Waals surface area (Å²) in [6, 6.07) is 5.00. The third-order valence-electron chi connectivity index (χ3n) is 2.95. The summed E-state index contributed by atoms with van der Waals surface area (Å²) in [4.78, 5) is 12.0. The van der Waals surface area contributed by atoms with Gasteiger partial charge in [-0.1, -0.05) is 28.8 Å². The molecular weight excluding hydrogens is 256 g/mol. The molecule has 1 aliphatic rings. The molecule has 15 heavy (non-hydrogen) atoms. The Kier molecular flexibility index (Phi) is 3.10. The molecule has 0 aromatic heterocycles. The maximum Gasteiger partial charge on any atom is 0.169 e. The summed E-state index contributed by atoms with van der Waals surface area (Å²) in [6.07, 6.45) is 4.19. The molecule has 1 aromatic carbocycles. The maximum atomic E-state index is 12.0. The Morgan fingerprint density at radius 1 is 1.33 bits per heavy atom. The van der Waals surface area contributed by atoms with Gasteiger partial charge in [-0.25, -0.2) is 0 Å². The molecule has 0 heterocycles. The van der Waals surface area contributed by atoms with E-state index in [-0.39, 0.29) is 17.5 Å². The molecule has 1 N–H and O–H groups in total. The van der Waals surface area contributed by atoms with E-state index in [0.29, 0.717) is 5.56 Å². The van der Waals surface area contributed by atoms with Crippen molar-refractivity contribution in [1.82, 2.24) is 0 Å². The highest BCUT2D eigenvalue weighted by molar-refractivity contribution is 9.10. The standard InChI is InChI=1S/C12H13BrO2/c13-9-5-6-11(14)10(7-9)12(15)8-3-1-2-4-8/h5-8,14H,1-4H2. The fourth-order valence-electron chi connectivity index (χ4n) is 2.11. The maximum absolute atomic E-state index is 12.0. The number of halogens is 1. The van der Waals surface area contributed by atoms with Crippen molar-refractivity contribution in [1.29, 1.82) is 0 Å². The van der Waals surface area contributed by atoms with E-state index in [1.165, 1.54) is 0 Å². The first-order valence-corrected chi connectivity index (χ1v) is 6.00. The van der Waals surface area contributed by atoms with Crippen molar-refractivity contribution in [3.8, 4) is 5.75 Å². The van der Waals surface area contributed by atoms with E-state index in [4.69, 9.17) is 0 Å². The molecule has 3 heteroatoms. The van der Waals surface area contributed by atoms with E-state index in [1.807, 2.05) is 0 Å². The molecule has 0 unspecified atom stereocenters. The normalized spacial score (nSPS) is 16.9. The zero-order valence-corrected chi connectivity index (χ0v) is 9.96. The average molecular weight is 269 g/mol. The molecule has 2 nitrogen and oxygen atoms in total. The summed E-state index contributed by atoms with van der Waals surface area (Å²) in [5.41, 5.74) is 0.455. The van der Waals surface area contributed by atoms with E-state index in [0.717, 1.165) is 30.2 Å². The van der Waals surface area contributed by atoms with Crippen LogP contribution < -0.4 is 0 Å². The molecule has 0 bridgehead atoms. The highest BCUT2D eigenvalue weighted by Crippen LogP contribution is 2.31. The first kappa shape index (κ1) is 10.7. The fraction of sp³-hybridized carbons (Fsp3) is 0.417. The second kappa shape index (κ2) is 4.35. The van der Waals surface area contributed by atoms with Gasteiger partial charge >= 0.3 is 0 Å². The molecule has 0 spiro atoms. The van der Waals surface area contributed by atoms with Crippen molar-refractivity contribution in [3.05, 3.63) is 28.2 Å². The molecule has 0 amide bonds. The van der Waals surface area contributed by atoms with Crippen molar-refractivity contribution in [2.75, 3.05) is 0 Å². The van der Waals surface area contributed by atoms with Crippen molar-refractivity contribution >= 4 is 21.7 Å². The van der Waals surface area contributed by atoms with Gasteiger partial charge in [0, 0.05) is 10.4 Å². The largest absolute Gasteiger partial charge is 0.507 e. The van der Waals surface area contributed by atoms with Gasteiger partial charge in [0.1, 0.15) is 5.75 Å². The van der Waals surface area contributed by atoms with Gasteiger partial charge in [0.2, 0.25) is 0 Å². The Balaban J connectivity index is 2.27. The smallest absolute Gasteiger partial charge is 0.169 e. The lowest BCUT2D eigenvalue weighted by Crippen LogP contribution is -2.11. The number of hydrogen-bond donors (Lipinski definition) is 1. The lowest BCUT2D eigenvalue weighted by atomic mass is 9.96. The zero-order chi connectivity index (χ0) is 10.8. The topological polar surface area (TPSA) is 37.3 Å². The molecule has 0 aliphatic heterocycles. The van der Waals surface area contributed by atoms with Crippen LogP contribution in [0.4, 0.5) is 0 Å². The SMILES string of the molecule is O=C(c1cc(Br)ccc1O)C1CCCC1. The predicted molar refractivity (Wildman–Crippen MR) is 62.1 cm³/mol. The Hall–Kier alpha value is -0.830. The minimum absolute atomic E-state index is 0.0892. The number of benzene rings is 1. The third kappa shape index (κ3) is 2.23. The summed E-state index contributed by atoms with van der Waals surface area (Å²) in [5.74, 6) is 0.298. The fourth-order valence-corrected chi connectivity index (χ4v) is 2.47. The van der Waals surface area contributed by atoms with Crippen LogP contribution in [0.5, 0.6) is 5.75 Å². The number of carbonyl (C=O) groups excluding carboxylic acids is 1. The second-order valence-electron chi connectivity index (χ2n) is 4.01. The molecule has 2 rings (SSSR count). The molecular formula is C12H13BrO2. The number of rotatable bonds is 2. The van der Waals surface area contributed by atoms with Gasteiger partial charge in [-0.05, 0) is 31.0 Å². The molecule has 1 aliphatic carbocycles. The molecule has 1 fully saturated rings. The van der Waals surface area contributed by atoms with E-state index in [2.05, 4.69) is 15.9 Å². The van der Waals surface area contributed by atoms with Gasteiger partial charge in [0.25, 0.3) is 0 Å². The van der Waals surface area contributed by atoms with Crippen molar-refractivity contribution in [3.63, 3.8) is 0 Å². The number of carbonyl (C=O) groups is 1. The van der Waals surface area contributed by atoms with Crippen LogP contribution in [0.1, 0.15) is 36.0 Å². The minimum atomic E-state index is 0.0892. The van der Waals surface area contributed by atoms with E-state index in [9.17, 15) is 9.90 Å². The summed E-state index contributed by atoms with van der Waals surface area (Å²) >= 11 is 3.31. The lowest BCUT2D eigenvalue weighted by Gasteiger charge is -2.09. The number of hydrogen-bond acceptors (Lipinski definition) is 2. The van der Waals surface area contributed by atoms with Crippen LogP contribution in [0.3, 0.4) is 0 Å². The number of ketones is 1. The Morgan fingerprint density at radius 2 is 2.00 bits per heavy atom. The zero-order valence-electron chi connectivity index (χ0n) is 8.37. The van der Waals surface area contributed by atoms with Crippen LogP contribution in [-0.2, 0) is 0 Å². The van der Waals surface area contributed by atoms with Gasteiger partial charge in [-0.2, -0.15) is 0 Å². The van der Waals surface area contributed by atoms with E-state index in [1.54, 1.807) is 18.2 Å². The van der Waals surface area contributed by atoms with Gasteiger partial charge < -0.3 is 5.11 Å². The van der Waals surface area contributed by atoms with Crippen LogP contribution in [0.15, 0.2) is 22.7 Å². The van der Waals surface area contributed by atoms with Crippen LogP contribution in [0, 0.1) is 5.92 Å². The van der Waals surface area contributed by atoms with Crippen molar-refractivity contribution in [2.45, 2.75) is 25.7 Å². The average Bonchev–Trinajstić information content (AvgIpc) is 2.74. The minimum Gasteiger partial charge on any atom is -0.507 e. The number of phenolic OH excluding ortho intramolecular Hbond substituents is 1. The van der Waals surface area contributed by atoms with Gasteiger partial charge in [-0.3, -0.25) is 4.79 Å². The summed E-state index contributed by atoms with van der Waals surface area (Å²) in [6.45, 7) is 0. The summed E-state index contributed by atoms with van der Waals surface area (Å²) < 4.78 is 0.835. The van der Waals surface area contributed by atoms with Gasteiger partial charge in [0.15, 0.2) is 5.78 Å². The number of Topliss-reactive ketones (excluding diaryl/α,β-unsaturated/α-hetero) is 1. The monoisotopic (exact) mass is 268 g/mol. The molecule has 80 valence electrons.